The molecule has 0 spiro atoms. The molecule has 1 fully saturated rings. The zero-order valence-corrected chi connectivity index (χ0v) is 21.4. The van der Waals surface area contributed by atoms with E-state index in [9.17, 15) is 19.5 Å². The van der Waals surface area contributed by atoms with Crippen molar-refractivity contribution in [3.05, 3.63) is 84.4 Å². The number of hydrogen-bond donors (Lipinski definition) is 1. The van der Waals surface area contributed by atoms with Gasteiger partial charge in [-0.2, -0.15) is 0 Å². The lowest BCUT2D eigenvalue weighted by atomic mass is 9.75. The number of carbonyl (C=O) groups is 3. The third kappa shape index (κ3) is 4.81. The first kappa shape index (κ1) is 25.3. The molecule has 0 atom stereocenters. The number of hydrogen-bond acceptors (Lipinski definition) is 4. The summed E-state index contributed by atoms with van der Waals surface area (Å²) in [5.41, 5.74) is 2.03. The van der Waals surface area contributed by atoms with E-state index in [1.165, 1.54) is 0 Å². The largest absolute Gasteiger partial charge is 0.497 e. The van der Waals surface area contributed by atoms with Crippen molar-refractivity contribution in [3.8, 4) is 5.75 Å². The summed E-state index contributed by atoms with van der Waals surface area (Å²) in [6, 6.07) is 24.1. The van der Waals surface area contributed by atoms with Crippen molar-refractivity contribution in [1.82, 2.24) is 4.90 Å². The first-order valence-corrected chi connectivity index (χ1v) is 12.8. The second-order valence-corrected chi connectivity index (χ2v) is 9.83. The van der Waals surface area contributed by atoms with Crippen LogP contribution in [0.15, 0.2) is 78.9 Å². The van der Waals surface area contributed by atoms with E-state index in [4.69, 9.17) is 4.74 Å². The van der Waals surface area contributed by atoms with Gasteiger partial charge < -0.3 is 14.7 Å². The van der Waals surface area contributed by atoms with Crippen LogP contribution in [-0.2, 0) is 16.0 Å². The normalized spacial score (nSPS) is 16.0. The summed E-state index contributed by atoms with van der Waals surface area (Å²) < 4.78 is 5.33. The van der Waals surface area contributed by atoms with Crippen molar-refractivity contribution in [1.29, 1.82) is 0 Å². The van der Waals surface area contributed by atoms with Gasteiger partial charge in [0.05, 0.1) is 18.2 Å². The second kappa shape index (κ2) is 10.6. The minimum atomic E-state index is -1.25. The topological polar surface area (TPSA) is 90.4 Å². The Balaban J connectivity index is 1.32. The predicted octanol–water partition coefficient (Wildman–Crippen LogP) is 5.10. The van der Waals surface area contributed by atoms with Gasteiger partial charge in [0.25, 0.3) is 0 Å². The Morgan fingerprint density at radius 2 is 1.50 bits per heavy atom. The molecule has 0 radical (unpaired) electrons. The maximum atomic E-state index is 13.7. The van der Waals surface area contributed by atoms with Gasteiger partial charge in [-0.1, -0.05) is 42.5 Å². The highest BCUT2D eigenvalue weighted by atomic mass is 16.5. The smallest absolute Gasteiger partial charge is 0.324 e. The van der Waals surface area contributed by atoms with E-state index in [1.807, 2.05) is 78.9 Å². The Morgan fingerprint density at radius 1 is 0.895 bits per heavy atom. The van der Waals surface area contributed by atoms with Crippen molar-refractivity contribution >= 4 is 35.0 Å². The molecule has 1 saturated heterocycles. The van der Waals surface area contributed by atoms with Crippen molar-refractivity contribution in [3.63, 3.8) is 0 Å². The van der Waals surface area contributed by atoms with E-state index >= 15 is 0 Å². The number of likely N-dealkylation sites (tertiary alicyclic amines) is 1. The van der Waals surface area contributed by atoms with E-state index in [0.717, 1.165) is 17.7 Å². The Bertz CT molecular complexity index is 1280. The maximum Gasteiger partial charge on any atom is 0.324 e. The van der Waals surface area contributed by atoms with Crippen LogP contribution in [-0.4, -0.2) is 54.7 Å². The molecule has 196 valence electrons. The molecule has 3 aromatic rings. The Morgan fingerprint density at radius 3 is 2.05 bits per heavy atom. The number of amides is 3. The number of benzene rings is 3. The van der Waals surface area contributed by atoms with Crippen LogP contribution in [0, 0.1) is 5.41 Å². The Labute approximate surface area is 222 Å². The van der Waals surface area contributed by atoms with Crippen LogP contribution in [0.5, 0.6) is 5.75 Å². The van der Waals surface area contributed by atoms with E-state index in [2.05, 4.69) is 0 Å². The number of carbonyl (C=O) groups excluding carboxylic acids is 2. The number of urea groups is 1. The fraction of sp³-hybridized carbons (Fsp3) is 0.300. The van der Waals surface area contributed by atoms with Crippen LogP contribution in [0.1, 0.15) is 24.8 Å². The van der Waals surface area contributed by atoms with Crippen LogP contribution < -0.4 is 14.5 Å². The van der Waals surface area contributed by atoms with Gasteiger partial charge in [-0.05, 0) is 55.2 Å². The number of aliphatic carboxylic acids is 1. The molecule has 8 heteroatoms. The molecular weight excluding hydrogens is 482 g/mol. The number of piperidine rings is 1. The van der Waals surface area contributed by atoms with E-state index < -0.39 is 11.4 Å². The zero-order chi connectivity index (χ0) is 26.7. The third-order valence-corrected chi connectivity index (χ3v) is 7.63. The van der Waals surface area contributed by atoms with Gasteiger partial charge in [-0.15, -0.1) is 0 Å². The lowest BCUT2D eigenvalue weighted by Crippen LogP contribution is -2.51. The number of ether oxygens (including phenoxy) is 1. The highest BCUT2D eigenvalue weighted by Crippen LogP contribution is 2.39. The maximum absolute atomic E-state index is 13.7. The third-order valence-electron chi connectivity index (χ3n) is 7.63. The fourth-order valence-electron chi connectivity index (χ4n) is 5.41. The van der Waals surface area contributed by atoms with Gasteiger partial charge >= 0.3 is 12.0 Å². The molecule has 8 nitrogen and oxygen atoms in total. The fourth-order valence-corrected chi connectivity index (χ4v) is 5.41. The monoisotopic (exact) mass is 513 g/mol. The molecule has 0 bridgehead atoms. The highest BCUT2D eigenvalue weighted by Gasteiger charge is 2.46. The van der Waals surface area contributed by atoms with Crippen LogP contribution in [0.25, 0.3) is 0 Å². The number of para-hydroxylation sites is 2. The summed E-state index contributed by atoms with van der Waals surface area (Å²) in [7, 11) is 1.59. The average molecular weight is 514 g/mol. The second-order valence-electron chi connectivity index (χ2n) is 9.83. The van der Waals surface area contributed by atoms with Gasteiger partial charge in [0.1, 0.15) is 5.75 Å². The van der Waals surface area contributed by atoms with Crippen LogP contribution >= 0.6 is 0 Å². The summed E-state index contributed by atoms with van der Waals surface area (Å²) in [5.74, 6) is -0.604. The molecule has 5 rings (SSSR count). The molecule has 3 amide bonds. The summed E-state index contributed by atoms with van der Waals surface area (Å²) in [4.78, 5) is 44.7. The molecule has 2 aliphatic rings. The molecule has 3 aromatic carbocycles. The van der Waals surface area contributed by atoms with Crippen LogP contribution in [0.2, 0.25) is 0 Å². The number of carboxylic acids is 1. The minimum Gasteiger partial charge on any atom is -0.497 e. The number of methoxy groups -OCH3 is 1. The van der Waals surface area contributed by atoms with Crippen LogP contribution in [0.3, 0.4) is 0 Å². The molecule has 2 heterocycles. The average Bonchev–Trinajstić information content (AvgIpc) is 3.37. The van der Waals surface area contributed by atoms with Crippen molar-refractivity contribution in [2.75, 3.05) is 36.5 Å². The minimum absolute atomic E-state index is 0.141. The SMILES string of the molecule is COc1ccc2c(c1)N(C(=O)N1CCC(CC(=O)N(c3ccccc3)c3ccccc3)(C(=O)O)CC1)CC2. The van der Waals surface area contributed by atoms with Crippen molar-refractivity contribution < 1.29 is 24.2 Å². The molecule has 0 saturated carbocycles. The molecular formula is C30H31N3O5. The molecule has 38 heavy (non-hydrogen) atoms. The number of rotatable bonds is 6. The van der Waals surface area contributed by atoms with E-state index in [-0.39, 0.29) is 44.3 Å². The summed E-state index contributed by atoms with van der Waals surface area (Å²) in [5, 5.41) is 10.3. The van der Waals surface area contributed by atoms with Gasteiger partial charge in [0, 0.05) is 43.5 Å². The van der Waals surface area contributed by atoms with Gasteiger partial charge in [-0.3, -0.25) is 19.4 Å². The predicted molar refractivity (Wildman–Crippen MR) is 145 cm³/mol. The quantitative estimate of drug-likeness (QED) is 0.495. The number of fused-ring (bicyclic) bond motifs is 1. The number of nitrogens with zero attached hydrogens (tertiary/aromatic N) is 3. The standard InChI is InChI=1S/C30H31N3O5/c1-38-25-13-12-22-14-17-32(26(22)20-25)29(37)31-18-15-30(16-19-31,28(35)36)21-27(34)33(23-8-4-2-5-9-23)24-10-6-3-7-11-24/h2-13,20H,14-19,21H2,1H3,(H,35,36). The first-order chi connectivity index (χ1) is 18.4. The molecule has 0 aromatic heterocycles. The lowest BCUT2D eigenvalue weighted by Gasteiger charge is -2.40. The summed E-state index contributed by atoms with van der Waals surface area (Å²) in [6.07, 6.45) is 1.02. The van der Waals surface area contributed by atoms with Crippen LogP contribution in [0.4, 0.5) is 21.9 Å². The number of anilines is 3. The Hall–Kier alpha value is -4.33. The first-order valence-electron chi connectivity index (χ1n) is 12.8. The summed E-state index contributed by atoms with van der Waals surface area (Å²) >= 11 is 0. The molecule has 1 N–H and O–H groups in total. The highest BCUT2D eigenvalue weighted by molar-refractivity contribution is 6.02. The molecule has 0 aliphatic carbocycles. The zero-order valence-electron chi connectivity index (χ0n) is 21.4. The van der Waals surface area contributed by atoms with Gasteiger partial charge in [0.2, 0.25) is 5.91 Å². The molecule has 0 unspecified atom stereocenters. The van der Waals surface area contributed by atoms with Gasteiger partial charge in [0.15, 0.2) is 0 Å². The van der Waals surface area contributed by atoms with Crippen molar-refractivity contribution in [2.45, 2.75) is 25.7 Å². The Kier molecular flexibility index (Phi) is 7.05. The lowest BCUT2D eigenvalue weighted by molar-refractivity contribution is -0.154. The van der Waals surface area contributed by atoms with Crippen molar-refractivity contribution in [2.24, 2.45) is 5.41 Å². The molecule has 2 aliphatic heterocycles. The van der Waals surface area contributed by atoms with E-state index in [1.54, 1.807) is 21.8 Å². The summed E-state index contributed by atoms with van der Waals surface area (Å²) in [6.45, 7) is 1.11. The van der Waals surface area contributed by atoms with Gasteiger partial charge in [-0.25, -0.2) is 4.79 Å². The number of carboxylic acid groups (broad SMARTS) is 1. The van der Waals surface area contributed by atoms with E-state index in [0.29, 0.717) is 23.7 Å².